The smallest absolute Gasteiger partial charge is 0.151 e. The minimum absolute atomic E-state index is 0.245. The van der Waals surface area contributed by atoms with E-state index in [9.17, 15) is 8.42 Å². The molecule has 0 aliphatic heterocycles. The summed E-state index contributed by atoms with van der Waals surface area (Å²) in [7, 11) is -2.92. The fourth-order valence-corrected chi connectivity index (χ4v) is 6.17. The van der Waals surface area contributed by atoms with E-state index in [-0.39, 0.29) is 17.7 Å². The predicted molar refractivity (Wildman–Crippen MR) is 109 cm³/mol. The Hall–Kier alpha value is -2.00. The first-order valence-electron chi connectivity index (χ1n) is 9.18. The number of sulfone groups is 1. The first-order chi connectivity index (χ1) is 12.9. The molecule has 1 saturated carbocycles. The molecule has 1 aliphatic rings. The van der Waals surface area contributed by atoms with Crippen molar-refractivity contribution in [2.24, 2.45) is 5.92 Å². The molecule has 3 aromatic heterocycles. The van der Waals surface area contributed by atoms with E-state index in [0.717, 1.165) is 45.1 Å². The van der Waals surface area contributed by atoms with Crippen LogP contribution in [-0.4, -0.2) is 46.1 Å². The van der Waals surface area contributed by atoms with Crippen molar-refractivity contribution < 1.29 is 8.42 Å². The minimum atomic E-state index is -2.92. The molecule has 0 atom stereocenters. The molecular weight excluding hydrogens is 382 g/mol. The van der Waals surface area contributed by atoms with Gasteiger partial charge in [-0.05, 0) is 38.2 Å². The average molecular weight is 406 g/mol. The normalized spacial score (nSPS) is 19.9. The lowest BCUT2D eigenvalue weighted by Crippen LogP contribution is -2.39. The summed E-state index contributed by atoms with van der Waals surface area (Å²) in [6, 6.07) is 2.27. The van der Waals surface area contributed by atoms with Crippen LogP contribution in [-0.2, 0) is 9.84 Å². The molecule has 1 aliphatic carbocycles. The first kappa shape index (κ1) is 18.4. The number of hydrogen-bond acceptors (Lipinski definition) is 7. The molecule has 9 heteroatoms. The molecular formula is C18H23N5O2S2. The van der Waals surface area contributed by atoms with Gasteiger partial charge in [0.15, 0.2) is 14.8 Å². The van der Waals surface area contributed by atoms with E-state index in [4.69, 9.17) is 0 Å². The number of pyridine rings is 1. The lowest BCUT2D eigenvalue weighted by molar-refractivity contribution is 0.311. The Morgan fingerprint density at radius 2 is 2.15 bits per heavy atom. The zero-order chi connectivity index (χ0) is 19.0. The quantitative estimate of drug-likeness (QED) is 0.625. The average Bonchev–Trinajstić information content (AvgIpc) is 3.21. The highest BCUT2D eigenvalue weighted by Gasteiger charge is 2.33. The summed E-state index contributed by atoms with van der Waals surface area (Å²) < 4.78 is 24.1. The summed E-state index contributed by atoms with van der Waals surface area (Å²) in [4.78, 5) is 7.63. The molecule has 0 unspecified atom stereocenters. The van der Waals surface area contributed by atoms with E-state index in [1.165, 1.54) is 0 Å². The monoisotopic (exact) mass is 405 g/mol. The number of nitrogens with one attached hydrogen (secondary N) is 2. The van der Waals surface area contributed by atoms with Crippen molar-refractivity contribution in [1.29, 1.82) is 0 Å². The van der Waals surface area contributed by atoms with Gasteiger partial charge in [-0.2, -0.15) is 0 Å². The molecule has 0 saturated heterocycles. The molecule has 3 aromatic rings. The Morgan fingerprint density at radius 1 is 1.33 bits per heavy atom. The summed E-state index contributed by atoms with van der Waals surface area (Å²) in [6.45, 7) is 3.84. The Morgan fingerprint density at radius 3 is 2.85 bits per heavy atom. The molecule has 3 heterocycles. The van der Waals surface area contributed by atoms with Crippen molar-refractivity contribution in [3.05, 3.63) is 23.5 Å². The number of anilines is 1. The Balaban J connectivity index is 1.53. The first-order valence-corrected chi connectivity index (χ1v) is 11.8. The summed E-state index contributed by atoms with van der Waals surface area (Å²) >= 11 is 1.54. The number of aromatic nitrogens is 4. The van der Waals surface area contributed by atoms with Crippen molar-refractivity contribution in [1.82, 2.24) is 20.2 Å². The number of nitrogens with zero attached hydrogens (tertiary/aromatic N) is 3. The zero-order valence-corrected chi connectivity index (χ0v) is 17.0. The number of hydrogen-bond donors (Lipinski definition) is 2. The van der Waals surface area contributed by atoms with Gasteiger partial charge in [-0.1, -0.05) is 18.3 Å². The summed E-state index contributed by atoms with van der Waals surface area (Å²) in [6.07, 6.45) is 6.11. The largest absolute Gasteiger partial charge is 0.381 e. The van der Waals surface area contributed by atoms with Crippen LogP contribution < -0.4 is 5.32 Å². The van der Waals surface area contributed by atoms with Crippen molar-refractivity contribution in [3.63, 3.8) is 0 Å². The maximum absolute atomic E-state index is 12.0. The number of aromatic amines is 1. The molecule has 4 rings (SSSR count). The maximum atomic E-state index is 12.0. The van der Waals surface area contributed by atoms with E-state index in [0.29, 0.717) is 12.2 Å². The van der Waals surface area contributed by atoms with Gasteiger partial charge >= 0.3 is 0 Å². The summed E-state index contributed by atoms with van der Waals surface area (Å²) in [5.41, 5.74) is 2.76. The summed E-state index contributed by atoms with van der Waals surface area (Å²) in [5.74, 6) is 0.836. The highest BCUT2D eigenvalue weighted by atomic mass is 32.2. The highest BCUT2D eigenvalue weighted by molar-refractivity contribution is 7.91. The van der Waals surface area contributed by atoms with Crippen LogP contribution >= 0.6 is 11.3 Å². The van der Waals surface area contributed by atoms with Gasteiger partial charge in [-0.25, -0.2) is 13.4 Å². The lowest BCUT2D eigenvalue weighted by Gasteiger charge is -2.36. The Labute approximate surface area is 162 Å². The summed E-state index contributed by atoms with van der Waals surface area (Å²) in [5, 5.41) is 14.8. The van der Waals surface area contributed by atoms with Crippen molar-refractivity contribution >= 4 is 37.9 Å². The maximum Gasteiger partial charge on any atom is 0.151 e. The zero-order valence-electron chi connectivity index (χ0n) is 15.4. The van der Waals surface area contributed by atoms with E-state index >= 15 is 0 Å². The van der Waals surface area contributed by atoms with Gasteiger partial charge in [0.2, 0.25) is 0 Å². The van der Waals surface area contributed by atoms with Crippen LogP contribution in [0.4, 0.5) is 5.69 Å². The van der Waals surface area contributed by atoms with Gasteiger partial charge < -0.3 is 10.3 Å². The van der Waals surface area contributed by atoms with E-state index in [1.54, 1.807) is 11.3 Å². The lowest BCUT2D eigenvalue weighted by atomic mass is 9.81. The second kappa shape index (κ2) is 7.20. The molecule has 0 aromatic carbocycles. The third-order valence-corrected chi connectivity index (χ3v) is 7.81. The molecule has 144 valence electrons. The number of H-pyrrole nitrogens is 1. The van der Waals surface area contributed by atoms with E-state index in [1.807, 2.05) is 32.3 Å². The molecule has 0 amide bonds. The third kappa shape index (κ3) is 3.84. The van der Waals surface area contributed by atoms with Crippen molar-refractivity contribution in [2.75, 3.05) is 16.8 Å². The third-order valence-electron chi connectivity index (χ3n) is 4.93. The molecule has 0 spiro atoms. The molecule has 2 N–H and O–H groups in total. The topological polar surface area (TPSA) is 101 Å². The number of rotatable bonds is 7. The van der Waals surface area contributed by atoms with E-state index in [2.05, 4.69) is 25.5 Å². The van der Waals surface area contributed by atoms with Crippen LogP contribution in [0.2, 0.25) is 0 Å². The SMILES string of the molecule is CCCS(=O)(=O)CC1CC(Nc2c(-c3nnc(C)s3)cnc3[nH]ccc23)C1. The van der Waals surface area contributed by atoms with E-state index < -0.39 is 9.84 Å². The number of aryl methyl sites for hydroxylation is 1. The fourth-order valence-electron chi connectivity index (χ4n) is 3.68. The molecule has 1 fully saturated rings. The fraction of sp³-hybridized carbons (Fsp3) is 0.500. The Bertz CT molecular complexity index is 1050. The van der Waals surface area contributed by atoms with Gasteiger partial charge in [0.05, 0.1) is 17.0 Å². The molecule has 7 nitrogen and oxygen atoms in total. The van der Waals surface area contributed by atoms with Crippen LogP contribution in [0, 0.1) is 12.8 Å². The molecule has 27 heavy (non-hydrogen) atoms. The van der Waals surface area contributed by atoms with Gasteiger partial charge in [0.25, 0.3) is 0 Å². The van der Waals surface area contributed by atoms with Crippen molar-refractivity contribution in [3.8, 4) is 10.6 Å². The van der Waals surface area contributed by atoms with Crippen LogP contribution in [0.5, 0.6) is 0 Å². The van der Waals surface area contributed by atoms with Crippen LogP contribution in [0.25, 0.3) is 21.6 Å². The van der Waals surface area contributed by atoms with Crippen LogP contribution in [0.1, 0.15) is 31.2 Å². The second-order valence-corrected chi connectivity index (χ2v) is 10.6. The molecule has 0 radical (unpaired) electrons. The Kier molecular flexibility index (Phi) is 4.90. The van der Waals surface area contributed by atoms with Crippen LogP contribution in [0.15, 0.2) is 18.5 Å². The van der Waals surface area contributed by atoms with Gasteiger partial charge in [-0.3, -0.25) is 0 Å². The van der Waals surface area contributed by atoms with Gasteiger partial charge in [0.1, 0.15) is 10.7 Å². The van der Waals surface area contributed by atoms with Gasteiger partial charge in [0, 0.05) is 29.6 Å². The van der Waals surface area contributed by atoms with Crippen LogP contribution in [0.3, 0.4) is 0 Å². The predicted octanol–water partition coefficient (Wildman–Crippen LogP) is 3.41. The van der Waals surface area contributed by atoms with Gasteiger partial charge in [-0.15, -0.1) is 10.2 Å². The highest BCUT2D eigenvalue weighted by Crippen LogP contribution is 2.39. The standard InChI is InChI=1S/C18H23N5O2S2/c1-3-6-27(24,25)10-12-7-13(8-12)21-16-14-4-5-19-17(14)20-9-15(16)18-23-22-11(2)26-18/h4-5,9,12-13H,3,6-8,10H2,1-2H3,(H2,19,20,21). The minimum Gasteiger partial charge on any atom is -0.381 e. The second-order valence-electron chi connectivity index (χ2n) is 7.21. The molecule has 0 bridgehead atoms. The number of fused-ring (bicyclic) bond motifs is 1. The van der Waals surface area contributed by atoms with Crippen molar-refractivity contribution in [2.45, 2.75) is 39.2 Å².